The lowest BCUT2D eigenvalue weighted by molar-refractivity contribution is 0.299. The van der Waals surface area contributed by atoms with E-state index in [2.05, 4.69) is 31.1 Å². The third kappa shape index (κ3) is 1.42. The first-order chi connectivity index (χ1) is 6.18. The van der Waals surface area contributed by atoms with E-state index in [1.807, 2.05) is 6.07 Å². The molecule has 0 radical (unpaired) electrons. The summed E-state index contributed by atoms with van der Waals surface area (Å²) in [6.45, 7) is 0. The van der Waals surface area contributed by atoms with E-state index in [0.29, 0.717) is 6.04 Å². The molecule has 1 aliphatic rings. The van der Waals surface area contributed by atoms with Crippen molar-refractivity contribution in [3.05, 3.63) is 29.3 Å². The molecule has 0 heterocycles. The summed E-state index contributed by atoms with van der Waals surface area (Å²) in [7, 11) is 4.27. The van der Waals surface area contributed by atoms with Crippen molar-refractivity contribution in [3.8, 4) is 0 Å². The lowest BCUT2D eigenvalue weighted by Gasteiger charge is -2.19. The van der Waals surface area contributed by atoms with Gasteiger partial charge in [-0.15, -0.1) is 0 Å². The third-order valence-corrected chi connectivity index (χ3v) is 2.84. The van der Waals surface area contributed by atoms with E-state index in [4.69, 9.17) is 5.73 Å². The van der Waals surface area contributed by atoms with Gasteiger partial charge in [0.1, 0.15) is 0 Å². The zero-order valence-corrected chi connectivity index (χ0v) is 8.25. The summed E-state index contributed by atoms with van der Waals surface area (Å²) in [6, 6.07) is 6.87. The van der Waals surface area contributed by atoms with E-state index in [-0.39, 0.29) is 0 Å². The van der Waals surface area contributed by atoms with Crippen LogP contribution < -0.4 is 5.73 Å². The van der Waals surface area contributed by atoms with Gasteiger partial charge in [-0.2, -0.15) is 0 Å². The Balaban J connectivity index is 2.38. The van der Waals surface area contributed by atoms with Gasteiger partial charge < -0.3 is 10.6 Å². The maximum absolute atomic E-state index is 5.74. The van der Waals surface area contributed by atoms with Crippen molar-refractivity contribution in [1.82, 2.24) is 4.90 Å². The van der Waals surface area contributed by atoms with E-state index < -0.39 is 0 Å². The molecule has 2 N–H and O–H groups in total. The number of hydrogen-bond donors (Lipinski definition) is 1. The molecule has 70 valence electrons. The molecule has 0 saturated carbocycles. The van der Waals surface area contributed by atoms with Gasteiger partial charge in [0, 0.05) is 11.7 Å². The van der Waals surface area contributed by atoms with E-state index in [1.165, 1.54) is 24.0 Å². The molecule has 2 heteroatoms. The number of aryl methyl sites for hydroxylation is 1. The van der Waals surface area contributed by atoms with Crippen LogP contribution >= 0.6 is 0 Å². The van der Waals surface area contributed by atoms with Crippen molar-refractivity contribution in [2.75, 3.05) is 19.8 Å². The van der Waals surface area contributed by atoms with E-state index in [1.54, 1.807) is 0 Å². The topological polar surface area (TPSA) is 29.3 Å². The van der Waals surface area contributed by atoms with Crippen LogP contribution in [0.1, 0.15) is 23.6 Å². The largest absolute Gasteiger partial charge is 0.399 e. The molecule has 0 bridgehead atoms. The van der Waals surface area contributed by atoms with Gasteiger partial charge >= 0.3 is 0 Å². The lowest BCUT2D eigenvalue weighted by atomic mass is 10.1. The Morgan fingerprint density at radius 1 is 1.38 bits per heavy atom. The second kappa shape index (κ2) is 3.04. The minimum absolute atomic E-state index is 0.593. The predicted molar refractivity (Wildman–Crippen MR) is 55.6 cm³/mol. The van der Waals surface area contributed by atoms with E-state index in [0.717, 1.165) is 5.69 Å². The highest BCUT2D eigenvalue weighted by Gasteiger charge is 2.23. The van der Waals surface area contributed by atoms with Crippen LogP contribution in [-0.2, 0) is 6.42 Å². The number of benzene rings is 1. The van der Waals surface area contributed by atoms with Crippen molar-refractivity contribution in [3.63, 3.8) is 0 Å². The van der Waals surface area contributed by atoms with Crippen molar-refractivity contribution < 1.29 is 0 Å². The van der Waals surface area contributed by atoms with Crippen molar-refractivity contribution in [2.45, 2.75) is 18.9 Å². The lowest BCUT2D eigenvalue weighted by Crippen LogP contribution is -2.17. The fourth-order valence-corrected chi connectivity index (χ4v) is 2.15. The first-order valence-corrected chi connectivity index (χ1v) is 4.73. The van der Waals surface area contributed by atoms with Crippen LogP contribution in [0.4, 0.5) is 5.69 Å². The Kier molecular flexibility index (Phi) is 2.00. The van der Waals surface area contributed by atoms with Gasteiger partial charge in [-0.3, -0.25) is 0 Å². The van der Waals surface area contributed by atoms with Crippen molar-refractivity contribution in [2.24, 2.45) is 0 Å². The molecule has 1 aromatic carbocycles. The molecular weight excluding hydrogens is 160 g/mol. The molecule has 1 aliphatic carbocycles. The Labute approximate surface area is 79.4 Å². The van der Waals surface area contributed by atoms with E-state index >= 15 is 0 Å². The normalized spacial score (nSPS) is 20.7. The van der Waals surface area contributed by atoms with Gasteiger partial charge in [-0.05, 0) is 50.2 Å². The quantitative estimate of drug-likeness (QED) is 0.661. The highest BCUT2D eigenvalue weighted by molar-refractivity contribution is 5.47. The second-order valence-corrected chi connectivity index (χ2v) is 3.98. The second-order valence-electron chi connectivity index (χ2n) is 3.98. The summed E-state index contributed by atoms with van der Waals surface area (Å²) >= 11 is 0. The molecule has 2 nitrogen and oxygen atoms in total. The molecule has 0 aliphatic heterocycles. The van der Waals surface area contributed by atoms with Crippen LogP contribution in [0.5, 0.6) is 0 Å². The van der Waals surface area contributed by atoms with Crippen LogP contribution in [-0.4, -0.2) is 19.0 Å². The SMILES string of the molecule is CN(C)[C@H]1CCc2cc(N)ccc21. The molecule has 0 spiro atoms. The fraction of sp³-hybridized carbons (Fsp3) is 0.455. The zero-order valence-electron chi connectivity index (χ0n) is 8.25. The molecule has 0 fully saturated rings. The first-order valence-electron chi connectivity index (χ1n) is 4.73. The highest BCUT2D eigenvalue weighted by atomic mass is 15.1. The highest BCUT2D eigenvalue weighted by Crippen LogP contribution is 2.34. The number of hydrogen-bond acceptors (Lipinski definition) is 2. The van der Waals surface area contributed by atoms with Gasteiger partial charge in [0.25, 0.3) is 0 Å². The molecule has 2 rings (SSSR count). The summed E-state index contributed by atoms with van der Waals surface area (Å²) in [4.78, 5) is 2.28. The summed E-state index contributed by atoms with van der Waals surface area (Å²) in [5.41, 5.74) is 9.51. The average Bonchev–Trinajstić information content (AvgIpc) is 2.46. The van der Waals surface area contributed by atoms with Crippen LogP contribution in [0, 0.1) is 0 Å². The van der Waals surface area contributed by atoms with Crippen LogP contribution in [0.15, 0.2) is 18.2 Å². The summed E-state index contributed by atoms with van der Waals surface area (Å²) in [6.07, 6.45) is 2.40. The number of nitrogens with two attached hydrogens (primary N) is 1. The van der Waals surface area contributed by atoms with Crippen LogP contribution in [0.25, 0.3) is 0 Å². The first kappa shape index (κ1) is 8.57. The van der Waals surface area contributed by atoms with Gasteiger partial charge in [0.15, 0.2) is 0 Å². The van der Waals surface area contributed by atoms with Crippen molar-refractivity contribution >= 4 is 5.69 Å². The minimum Gasteiger partial charge on any atom is -0.399 e. The molecule has 1 atom stereocenters. The molecule has 13 heavy (non-hydrogen) atoms. The number of rotatable bonds is 1. The predicted octanol–water partition coefficient (Wildman–Crippen LogP) is 1.82. The molecule has 0 unspecified atom stereocenters. The Bertz CT molecular complexity index is 318. The summed E-state index contributed by atoms with van der Waals surface area (Å²) in [5.74, 6) is 0. The zero-order chi connectivity index (χ0) is 9.42. The molecule has 0 saturated heterocycles. The Hall–Kier alpha value is -1.02. The smallest absolute Gasteiger partial charge is 0.0347 e. The van der Waals surface area contributed by atoms with Gasteiger partial charge in [0.2, 0.25) is 0 Å². The standard InChI is InChI=1S/C11H16N2/c1-13(2)11-6-3-8-7-9(12)4-5-10(8)11/h4-5,7,11H,3,6,12H2,1-2H3/t11-/m0/s1. The summed E-state index contributed by atoms with van der Waals surface area (Å²) < 4.78 is 0. The molecular formula is C11H16N2. The summed E-state index contributed by atoms with van der Waals surface area (Å²) in [5, 5.41) is 0. The van der Waals surface area contributed by atoms with Crippen LogP contribution in [0.2, 0.25) is 0 Å². The number of nitrogen functional groups attached to an aromatic ring is 1. The molecule has 1 aromatic rings. The molecule has 0 aromatic heterocycles. The Morgan fingerprint density at radius 2 is 2.15 bits per heavy atom. The van der Waals surface area contributed by atoms with Crippen molar-refractivity contribution in [1.29, 1.82) is 0 Å². The van der Waals surface area contributed by atoms with Crippen LogP contribution in [0.3, 0.4) is 0 Å². The molecule has 0 amide bonds. The number of nitrogens with zero attached hydrogens (tertiary/aromatic N) is 1. The number of fused-ring (bicyclic) bond motifs is 1. The fourth-order valence-electron chi connectivity index (χ4n) is 2.15. The number of anilines is 1. The minimum atomic E-state index is 0.593. The third-order valence-electron chi connectivity index (χ3n) is 2.84. The van der Waals surface area contributed by atoms with Gasteiger partial charge in [-0.25, -0.2) is 0 Å². The maximum Gasteiger partial charge on any atom is 0.0347 e. The van der Waals surface area contributed by atoms with Gasteiger partial charge in [-0.1, -0.05) is 6.07 Å². The average molecular weight is 176 g/mol. The maximum atomic E-state index is 5.74. The van der Waals surface area contributed by atoms with E-state index in [9.17, 15) is 0 Å². The Morgan fingerprint density at radius 3 is 2.85 bits per heavy atom. The van der Waals surface area contributed by atoms with Gasteiger partial charge in [0.05, 0.1) is 0 Å². The monoisotopic (exact) mass is 176 g/mol.